The molecule has 1 aromatic carbocycles. The lowest BCUT2D eigenvalue weighted by Gasteiger charge is -2.35. The van der Waals surface area contributed by atoms with Gasteiger partial charge in [0, 0.05) is 13.1 Å². The molecule has 92 valence electrons. The number of hydrogen-bond acceptors (Lipinski definition) is 3. The summed E-state index contributed by atoms with van der Waals surface area (Å²) in [5.74, 6) is -0.159. The molecule has 4 heteroatoms. The summed E-state index contributed by atoms with van der Waals surface area (Å²) in [5, 5.41) is 19.4. The van der Waals surface area contributed by atoms with E-state index in [2.05, 4.69) is 0 Å². The second-order valence-electron chi connectivity index (χ2n) is 4.81. The van der Waals surface area contributed by atoms with Gasteiger partial charge in [-0.1, -0.05) is 12.1 Å². The summed E-state index contributed by atoms with van der Waals surface area (Å²) in [5.41, 5.74) is -0.343. The van der Waals surface area contributed by atoms with Crippen LogP contribution in [0, 0.1) is 0 Å². The van der Waals surface area contributed by atoms with Crippen molar-refractivity contribution in [3.63, 3.8) is 0 Å². The number of carbonyl (C=O) groups is 1. The Morgan fingerprint density at radius 2 is 1.88 bits per heavy atom. The number of aromatic hydroxyl groups is 1. The third kappa shape index (κ3) is 2.58. The first-order chi connectivity index (χ1) is 7.99. The first-order valence-corrected chi connectivity index (χ1v) is 5.79. The zero-order valence-corrected chi connectivity index (χ0v) is 9.89. The van der Waals surface area contributed by atoms with Gasteiger partial charge < -0.3 is 15.1 Å². The molecule has 2 rings (SSSR count). The number of likely N-dealkylation sites (tertiary alicyclic amines) is 1. The first-order valence-electron chi connectivity index (χ1n) is 5.79. The van der Waals surface area contributed by atoms with Crippen molar-refractivity contribution in [2.45, 2.75) is 25.4 Å². The number of carbonyl (C=O) groups excluding carboxylic acids is 1. The third-order valence-corrected chi connectivity index (χ3v) is 3.26. The highest BCUT2D eigenvalue weighted by Crippen LogP contribution is 2.24. The second-order valence-corrected chi connectivity index (χ2v) is 4.81. The van der Waals surface area contributed by atoms with Crippen LogP contribution in [0.2, 0.25) is 0 Å². The van der Waals surface area contributed by atoms with Gasteiger partial charge in [-0.15, -0.1) is 0 Å². The predicted molar refractivity (Wildman–Crippen MR) is 63.9 cm³/mol. The number of nitrogens with zero attached hydrogens (tertiary/aromatic N) is 1. The number of piperidine rings is 1. The zero-order valence-electron chi connectivity index (χ0n) is 9.89. The number of para-hydroxylation sites is 1. The summed E-state index contributed by atoms with van der Waals surface area (Å²) < 4.78 is 0. The average Bonchev–Trinajstić information content (AvgIpc) is 2.29. The Hall–Kier alpha value is -1.55. The van der Waals surface area contributed by atoms with Crippen molar-refractivity contribution in [2.24, 2.45) is 0 Å². The summed E-state index contributed by atoms with van der Waals surface area (Å²) in [6.45, 7) is 2.84. The number of benzene rings is 1. The van der Waals surface area contributed by atoms with Crippen molar-refractivity contribution in [3.05, 3.63) is 29.8 Å². The smallest absolute Gasteiger partial charge is 0.257 e. The van der Waals surface area contributed by atoms with Gasteiger partial charge in [-0.25, -0.2) is 0 Å². The molecular weight excluding hydrogens is 218 g/mol. The molecule has 0 aliphatic carbocycles. The van der Waals surface area contributed by atoms with Gasteiger partial charge in [-0.3, -0.25) is 4.79 Å². The van der Waals surface area contributed by atoms with Crippen LogP contribution in [0.4, 0.5) is 0 Å². The molecule has 0 aromatic heterocycles. The molecule has 0 atom stereocenters. The van der Waals surface area contributed by atoms with Gasteiger partial charge in [0.2, 0.25) is 0 Å². The lowest BCUT2D eigenvalue weighted by molar-refractivity contribution is -0.00207. The number of hydrogen-bond donors (Lipinski definition) is 2. The fourth-order valence-corrected chi connectivity index (χ4v) is 2.02. The SMILES string of the molecule is CC1(O)CCN(C(=O)c2ccccc2O)CC1. The monoisotopic (exact) mass is 235 g/mol. The van der Waals surface area contributed by atoms with Gasteiger partial charge in [0.25, 0.3) is 5.91 Å². The highest BCUT2D eigenvalue weighted by atomic mass is 16.3. The van der Waals surface area contributed by atoms with Gasteiger partial charge in [0.15, 0.2) is 0 Å². The predicted octanol–water partition coefficient (Wildman–Crippen LogP) is 1.38. The van der Waals surface area contributed by atoms with Crippen molar-refractivity contribution >= 4 is 5.91 Å². The molecule has 1 aliphatic heterocycles. The van der Waals surface area contributed by atoms with Gasteiger partial charge in [-0.2, -0.15) is 0 Å². The summed E-state index contributed by atoms with van der Waals surface area (Å²) in [6.07, 6.45) is 1.15. The van der Waals surface area contributed by atoms with Crippen LogP contribution in [-0.4, -0.2) is 39.7 Å². The molecule has 2 N–H and O–H groups in total. The first kappa shape index (κ1) is 11.9. The molecule has 0 saturated carbocycles. The van der Waals surface area contributed by atoms with Crippen LogP contribution < -0.4 is 0 Å². The Morgan fingerprint density at radius 3 is 2.47 bits per heavy atom. The van der Waals surface area contributed by atoms with E-state index in [1.54, 1.807) is 30.0 Å². The number of amides is 1. The Kier molecular flexibility index (Phi) is 3.07. The molecule has 0 radical (unpaired) electrons. The Bertz CT molecular complexity index is 418. The van der Waals surface area contributed by atoms with Crippen molar-refractivity contribution in [1.82, 2.24) is 4.90 Å². The third-order valence-electron chi connectivity index (χ3n) is 3.26. The zero-order chi connectivity index (χ0) is 12.5. The van der Waals surface area contributed by atoms with Crippen LogP contribution >= 0.6 is 0 Å². The molecule has 0 spiro atoms. The van der Waals surface area contributed by atoms with E-state index in [0.29, 0.717) is 31.5 Å². The normalized spacial score (nSPS) is 19.1. The molecule has 17 heavy (non-hydrogen) atoms. The second kappa shape index (κ2) is 4.37. The van der Waals surface area contributed by atoms with Crippen LogP contribution in [-0.2, 0) is 0 Å². The highest BCUT2D eigenvalue weighted by molar-refractivity contribution is 5.96. The van der Waals surface area contributed by atoms with Crippen molar-refractivity contribution in [1.29, 1.82) is 0 Å². The van der Waals surface area contributed by atoms with Gasteiger partial charge in [-0.05, 0) is 31.9 Å². The minimum Gasteiger partial charge on any atom is -0.507 e. The van der Waals surface area contributed by atoms with E-state index < -0.39 is 5.60 Å². The molecule has 1 aliphatic rings. The van der Waals surface area contributed by atoms with Crippen LogP contribution in [0.1, 0.15) is 30.1 Å². The fourth-order valence-electron chi connectivity index (χ4n) is 2.02. The van der Waals surface area contributed by atoms with E-state index in [1.165, 1.54) is 6.07 Å². The molecule has 0 unspecified atom stereocenters. The lowest BCUT2D eigenvalue weighted by atomic mass is 9.93. The van der Waals surface area contributed by atoms with Crippen LogP contribution in [0.5, 0.6) is 5.75 Å². The fraction of sp³-hybridized carbons (Fsp3) is 0.462. The maximum absolute atomic E-state index is 12.1. The molecule has 1 saturated heterocycles. The molecule has 1 fully saturated rings. The van der Waals surface area contributed by atoms with Crippen molar-refractivity contribution in [2.75, 3.05) is 13.1 Å². The topological polar surface area (TPSA) is 60.8 Å². The molecule has 1 aromatic rings. The van der Waals surface area contributed by atoms with Crippen molar-refractivity contribution in [3.8, 4) is 5.75 Å². The van der Waals surface area contributed by atoms with E-state index >= 15 is 0 Å². The van der Waals surface area contributed by atoms with Crippen molar-refractivity contribution < 1.29 is 15.0 Å². The van der Waals surface area contributed by atoms with Gasteiger partial charge >= 0.3 is 0 Å². The molecule has 1 heterocycles. The number of phenolic OH excluding ortho intramolecular Hbond substituents is 1. The van der Waals surface area contributed by atoms with E-state index in [-0.39, 0.29) is 11.7 Å². The summed E-state index contributed by atoms with van der Waals surface area (Å²) in [7, 11) is 0. The maximum Gasteiger partial charge on any atom is 0.257 e. The largest absolute Gasteiger partial charge is 0.507 e. The Balaban J connectivity index is 2.10. The summed E-state index contributed by atoms with van der Waals surface area (Å²) >= 11 is 0. The van der Waals surface area contributed by atoms with Crippen LogP contribution in [0.25, 0.3) is 0 Å². The van der Waals surface area contributed by atoms with Gasteiger partial charge in [0.05, 0.1) is 11.2 Å². The summed E-state index contributed by atoms with van der Waals surface area (Å²) in [4.78, 5) is 13.8. The van der Waals surface area contributed by atoms with E-state index in [9.17, 15) is 15.0 Å². The highest BCUT2D eigenvalue weighted by Gasteiger charge is 2.30. The van der Waals surface area contributed by atoms with E-state index in [4.69, 9.17) is 0 Å². The molecular formula is C13H17NO3. The van der Waals surface area contributed by atoms with E-state index in [0.717, 1.165) is 0 Å². The number of phenols is 1. The van der Waals surface area contributed by atoms with Crippen LogP contribution in [0.3, 0.4) is 0 Å². The quantitative estimate of drug-likeness (QED) is 0.773. The average molecular weight is 235 g/mol. The lowest BCUT2D eigenvalue weighted by Crippen LogP contribution is -2.45. The minimum absolute atomic E-state index is 0.00911. The number of aliphatic hydroxyl groups is 1. The van der Waals surface area contributed by atoms with Gasteiger partial charge in [0.1, 0.15) is 5.75 Å². The minimum atomic E-state index is -0.671. The molecule has 1 amide bonds. The molecule has 0 bridgehead atoms. The number of rotatable bonds is 1. The molecule has 4 nitrogen and oxygen atoms in total. The Morgan fingerprint density at radius 1 is 1.29 bits per heavy atom. The maximum atomic E-state index is 12.1. The van der Waals surface area contributed by atoms with E-state index in [1.807, 2.05) is 0 Å². The Labute approximate surface area is 100 Å². The van der Waals surface area contributed by atoms with Crippen LogP contribution in [0.15, 0.2) is 24.3 Å². The standard InChI is InChI=1S/C13H17NO3/c1-13(17)6-8-14(9-7-13)12(16)10-4-2-3-5-11(10)15/h2-5,15,17H,6-9H2,1H3. The summed E-state index contributed by atoms with van der Waals surface area (Å²) in [6, 6.07) is 6.54.